The fraction of sp³-hybridized carbons (Fsp3) is 0.667. The maximum absolute atomic E-state index is 12.0. The van der Waals surface area contributed by atoms with E-state index < -0.39 is 7.14 Å². The quantitative estimate of drug-likeness (QED) is 0.580. The summed E-state index contributed by atoms with van der Waals surface area (Å²) in [6.45, 7) is 9.59. The molecule has 0 bridgehead atoms. The van der Waals surface area contributed by atoms with E-state index in [0.717, 1.165) is 4.47 Å². The van der Waals surface area contributed by atoms with E-state index in [-0.39, 0.29) is 23.2 Å². The van der Waals surface area contributed by atoms with Gasteiger partial charge in [-0.05, 0) is 61.6 Å². The van der Waals surface area contributed by atoms with Crippen molar-refractivity contribution < 1.29 is 4.57 Å². The third kappa shape index (κ3) is 5.32. The highest BCUT2D eigenvalue weighted by atomic mass is 79.9. The second kappa shape index (κ2) is 7.21. The lowest BCUT2D eigenvalue weighted by molar-refractivity contribution is 0.477. The van der Waals surface area contributed by atoms with Crippen LogP contribution in [0.4, 0.5) is 5.82 Å². The zero-order valence-corrected chi connectivity index (χ0v) is 15.6. The molecule has 20 heavy (non-hydrogen) atoms. The summed E-state index contributed by atoms with van der Waals surface area (Å²) < 4.78 is 12.8. The molecular formula is C12H21BrClN4OP. The van der Waals surface area contributed by atoms with Gasteiger partial charge in [0.1, 0.15) is 5.82 Å². The third-order valence-corrected chi connectivity index (χ3v) is 6.04. The minimum absolute atomic E-state index is 0.0285. The predicted octanol–water partition coefficient (Wildman–Crippen LogP) is 3.64. The monoisotopic (exact) mass is 382 g/mol. The zero-order chi connectivity index (χ0) is 15.5. The number of hydrogen-bond donors (Lipinski definition) is 2. The number of hydrogen-bond acceptors (Lipinski definition) is 5. The normalized spacial score (nSPS) is 16.6. The van der Waals surface area contributed by atoms with Crippen LogP contribution in [0.1, 0.15) is 20.8 Å². The largest absolute Gasteiger partial charge is 0.365 e. The van der Waals surface area contributed by atoms with Crippen molar-refractivity contribution in [2.75, 3.05) is 18.6 Å². The van der Waals surface area contributed by atoms with E-state index in [1.807, 2.05) is 20.8 Å². The Morgan fingerprint density at radius 3 is 2.45 bits per heavy atom. The Hall–Kier alpha value is -0.160. The van der Waals surface area contributed by atoms with Crippen LogP contribution in [0.2, 0.25) is 5.28 Å². The van der Waals surface area contributed by atoms with Crippen molar-refractivity contribution in [2.24, 2.45) is 0 Å². The van der Waals surface area contributed by atoms with Gasteiger partial charge in [0.05, 0.1) is 17.4 Å². The fourth-order valence-corrected chi connectivity index (χ4v) is 2.52. The summed E-state index contributed by atoms with van der Waals surface area (Å²) in [5.41, 5.74) is 0. The molecule has 0 aromatic carbocycles. The van der Waals surface area contributed by atoms with Crippen LogP contribution in [0.15, 0.2) is 10.7 Å². The summed E-state index contributed by atoms with van der Waals surface area (Å²) in [5.74, 6) is 0.620. The fourth-order valence-electron chi connectivity index (χ4n) is 1.49. The molecule has 0 aliphatic rings. The molecule has 0 aliphatic carbocycles. The Labute approximate surface area is 133 Å². The van der Waals surface area contributed by atoms with Crippen LogP contribution in [-0.2, 0) is 4.57 Å². The molecule has 2 N–H and O–H groups in total. The highest BCUT2D eigenvalue weighted by molar-refractivity contribution is 9.10. The number of anilines is 1. The van der Waals surface area contributed by atoms with Crippen LogP contribution in [0.5, 0.6) is 0 Å². The van der Waals surface area contributed by atoms with Gasteiger partial charge in [-0.15, -0.1) is 0 Å². The molecular weight excluding hydrogens is 362 g/mol. The Balaban J connectivity index is 2.68. The first kappa shape index (κ1) is 17.9. The van der Waals surface area contributed by atoms with Gasteiger partial charge in [0.15, 0.2) is 0 Å². The average molecular weight is 384 g/mol. The van der Waals surface area contributed by atoms with E-state index in [4.69, 9.17) is 11.6 Å². The van der Waals surface area contributed by atoms with Crippen molar-refractivity contribution in [3.05, 3.63) is 16.0 Å². The molecule has 1 aromatic rings. The number of rotatable bonds is 6. The molecule has 114 valence electrons. The minimum atomic E-state index is -2.15. The maximum Gasteiger partial charge on any atom is 0.224 e. The lowest BCUT2D eigenvalue weighted by atomic mass is 10.1. The third-order valence-electron chi connectivity index (χ3n) is 3.27. The summed E-state index contributed by atoms with van der Waals surface area (Å²) in [7, 11) is -2.15. The molecule has 1 heterocycles. The van der Waals surface area contributed by atoms with Crippen LogP contribution < -0.4 is 10.6 Å². The van der Waals surface area contributed by atoms with Crippen molar-refractivity contribution in [1.29, 1.82) is 0 Å². The highest BCUT2D eigenvalue weighted by Crippen LogP contribution is 2.40. The van der Waals surface area contributed by atoms with Crippen molar-refractivity contribution in [3.8, 4) is 0 Å². The van der Waals surface area contributed by atoms with E-state index in [1.165, 1.54) is 0 Å². The minimum Gasteiger partial charge on any atom is -0.365 e. The number of nitrogens with zero attached hydrogens (tertiary/aromatic N) is 2. The van der Waals surface area contributed by atoms with E-state index in [1.54, 1.807) is 19.5 Å². The van der Waals surface area contributed by atoms with Gasteiger partial charge in [0.2, 0.25) is 5.28 Å². The Morgan fingerprint density at radius 2 is 1.90 bits per heavy atom. The van der Waals surface area contributed by atoms with Crippen LogP contribution >= 0.6 is 34.7 Å². The van der Waals surface area contributed by atoms with Gasteiger partial charge in [-0.2, -0.15) is 4.98 Å². The molecule has 0 amide bonds. The van der Waals surface area contributed by atoms with Crippen molar-refractivity contribution in [1.82, 2.24) is 15.3 Å². The summed E-state index contributed by atoms with van der Waals surface area (Å²) >= 11 is 9.17. The summed E-state index contributed by atoms with van der Waals surface area (Å²) in [6.07, 6.45) is 1.61. The van der Waals surface area contributed by atoms with Crippen LogP contribution in [0.3, 0.4) is 0 Å². The van der Waals surface area contributed by atoms with Gasteiger partial charge in [-0.25, -0.2) is 4.98 Å². The summed E-state index contributed by atoms with van der Waals surface area (Å²) in [5, 5.41) is 6.83. The summed E-state index contributed by atoms with van der Waals surface area (Å²) in [6, 6.07) is 0.213. The first-order valence-corrected chi connectivity index (χ1v) is 10.2. The Kier molecular flexibility index (Phi) is 6.45. The van der Waals surface area contributed by atoms with Crippen LogP contribution in [0, 0.1) is 0 Å². The molecule has 2 unspecified atom stereocenters. The molecule has 1 rings (SSSR count). The predicted molar refractivity (Wildman–Crippen MR) is 89.3 cm³/mol. The van der Waals surface area contributed by atoms with Crippen molar-refractivity contribution in [3.63, 3.8) is 0 Å². The van der Waals surface area contributed by atoms with Gasteiger partial charge in [-0.3, -0.25) is 0 Å². The molecule has 5 nitrogen and oxygen atoms in total. The topological polar surface area (TPSA) is 66.9 Å². The SMILES string of the molecule is CC(Nc1nc(Cl)ncc1Br)[C@H](C)NC(C)P(C)(C)=O. The van der Waals surface area contributed by atoms with Gasteiger partial charge < -0.3 is 15.2 Å². The van der Waals surface area contributed by atoms with Gasteiger partial charge in [-0.1, -0.05) is 0 Å². The first-order chi connectivity index (χ1) is 9.11. The smallest absolute Gasteiger partial charge is 0.224 e. The molecule has 0 saturated carbocycles. The second-order valence-electron chi connectivity index (χ2n) is 5.33. The average Bonchev–Trinajstić information content (AvgIpc) is 2.32. The van der Waals surface area contributed by atoms with Gasteiger partial charge >= 0.3 is 0 Å². The van der Waals surface area contributed by atoms with E-state index in [2.05, 4.69) is 36.5 Å². The van der Waals surface area contributed by atoms with Crippen LogP contribution in [0.25, 0.3) is 0 Å². The Morgan fingerprint density at radius 1 is 1.30 bits per heavy atom. The lowest BCUT2D eigenvalue weighted by Gasteiger charge is -2.28. The van der Waals surface area contributed by atoms with Gasteiger partial charge in [0, 0.05) is 18.3 Å². The van der Waals surface area contributed by atoms with Crippen LogP contribution in [-0.4, -0.2) is 41.2 Å². The standard InChI is InChI=1S/C12H21BrClN4OP/c1-7(16-9(3)20(4,5)19)8(2)17-11-10(13)6-15-12(14)18-11/h6-9,16H,1-5H3,(H,15,17,18)/t7-,8?,9?/m0/s1. The molecule has 1 aromatic heterocycles. The second-order valence-corrected chi connectivity index (χ2v) is 10.2. The number of halogens is 2. The lowest BCUT2D eigenvalue weighted by Crippen LogP contribution is -2.44. The van der Waals surface area contributed by atoms with E-state index in [0.29, 0.717) is 5.82 Å². The molecule has 0 aliphatic heterocycles. The molecule has 0 fully saturated rings. The highest BCUT2D eigenvalue weighted by Gasteiger charge is 2.22. The summed E-state index contributed by atoms with van der Waals surface area (Å²) in [4.78, 5) is 8.02. The first-order valence-electron chi connectivity index (χ1n) is 6.36. The number of aromatic nitrogens is 2. The van der Waals surface area contributed by atoms with E-state index >= 15 is 0 Å². The molecule has 8 heteroatoms. The molecule has 0 spiro atoms. The van der Waals surface area contributed by atoms with E-state index in [9.17, 15) is 4.57 Å². The maximum atomic E-state index is 12.0. The zero-order valence-electron chi connectivity index (χ0n) is 12.3. The molecule has 3 atom stereocenters. The molecule has 0 saturated heterocycles. The number of nitrogens with one attached hydrogen (secondary N) is 2. The van der Waals surface area contributed by atoms with Gasteiger partial charge in [0.25, 0.3) is 0 Å². The Bertz CT molecular complexity index is 510. The molecule has 0 radical (unpaired) electrons. The van der Waals surface area contributed by atoms with Crippen molar-refractivity contribution in [2.45, 2.75) is 38.6 Å². The van der Waals surface area contributed by atoms with Crippen molar-refractivity contribution >= 4 is 40.5 Å².